The van der Waals surface area contributed by atoms with E-state index in [0.717, 1.165) is 35.1 Å². The number of halogens is 1. The maximum absolute atomic E-state index is 14.1. The summed E-state index contributed by atoms with van der Waals surface area (Å²) in [5.41, 5.74) is 7.55. The van der Waals surface area contributed by atoms with Gasteiger partial charge in [0.2, 0.25) is 0 Å². The van der Waals surface area contributed by atoms with Crippen molar-refractivity contribution in [1.29, 1.82) is 0 Å². The first kappa shape index (κ1) is 30.4. The first-order valence-corrected chi connectivity index (χ1v) is 12.9. The largest absolute Gasteiger partial charge is 1.00 e. The van der Waals surface area contributed by atoms with Crippen LogP contribution in [0.5, 0.6) is 0 Å². The molecule has 1 nitrogen and oxygen atoms in total. The first-order chi connectivity index (χ1) is 16.6. The molecule has 186 valence electrons. The van der Waals surface area contributed by atoms with Gasteiger partial charge in [-0.1, -0.05) is 82.3 Å². The molecule has 36 heavy (non-hydrogen) atoms. The zero-order valence-electron chi connectivity index (χ0n) is 23.2. The van der Waals surface area contributed by atoms with Gasteiger partial charge in [-0.2, -0.15) is 18.6 Å². The van der Waals surface area contributed by atoms with Gasteiger partial charge in [0.25, 0.3) is 0 Å². The van der Waals surface area contributed by atoms with E-state index in [9.17, 15) is 9.50 Å². The molecule has 0 atom stereocenters. The molecule has 0 aliphatic heterocycles. The Bertz CT molecular complexity index is 1200. The number of rotatable bonds is 9. The van der Waals surface area contributed by atoms with Crippen LogP contribution in [0.15, 0.2) is 60.7 Å². The second kappa shape index (κ2) is 12.6. The summed E-state index contributed by atoms with van der Waals surface area (Å²) in [4.78, 5) is 0. The van der Waals surface area contributed by atoms with Crippen LogP contribution in [-0.4, -0.2) is 10.7 Å². The molecule has 0 amide bonds. The van der Waals surface area contributed by atoms with Crippen LogP contribution >= 0.6 is 0 Å². The fraction of sp³-hybridized carbons (Fsp3) is 0.364. The zero-order valence-corrected chi connectivity index (χ0v) is 25.2. The Morgan fingerprint density at radius 1 is 0.806 bits per heavy atom. The van der Waals surface area contributed by atoms with Crippen LogP contribution in [0.1, 0.15) is 86.8 Å². The smallest absolute Gasteiger partial charge is 0.386 e. The number of hydrogen-bond acceptors (Lipinski definition) is 1. The van der Waals surface area contributed by atoms with E-state index < -0.39 is 5.60 Å². The quantitative estimate of drug-likeness (QED) is 0.287. The van der Waals surface area contributed by atoms with Crippen LogP contribution in [0.4, 0.5) is 4.39 Å². The normalized spacial score (nSPS) is 12.1. The van der Waals surface area contributed by atoms with Gasteiger partial charge >= 0.3 is 29.6 Å². The summed E-state index contributed by atoms with van der Waals surface area (Å²) < 4.78 is 14.1. The summed E-state index contributed by atoms with van der Waals surface area (Å²) >= 11 is 0. The molecule has 3 aromatic rings. The number of hydrogen-bond donors (Lipinski definition) is 1. The molecule has 0 aromatic heterocycles. The van der Waals surface area contributed by atoms with E-state index in [1.165, 1.54) is 16.7 Å². The minimum Gasteiger partial charge on any atom is -0.386 e. The van der Waals surface area contributed by atoms with Crippen molar-refractivity contribution in [3.63, 3.8) is 0 Å². The third kappa shape index (κ3) is 6.17. The van der Waals surface area contributed by atoms with Gasteiger partial charge < -0.3 is 5.11 Å². The predicted octanol–water partition coefficient (Wildman–Crippen LogP) is 5.97. The molecule has 0 unspecified atom stereocenters. The minimum absolute atomic E-state index is 0. The van der Waals surface area contributed by atoms with Crippen LogP contribution < -0.4 is 29.6 Å². The fourth-order valence-electron chi connectivity index (χ4n) is 5.12. The van der Waals surface area contributed by atoms with Crippen molar-refractivity contribution >= 4 is 6.08 Å². The third-order valence-electron chi connectivity index (χ3n) is 7.97. The standard InChI is InChI=1S/C33H40FO.Na/c1-8-32(35,9-2)19-18-26-14-15-28(20-24(26)6)33(10-3,11-4)29-16-17-30(25(7)21-29)27-13-12-23(5)31(34)22-27;/h12-22,35H,5,8-11H2,1-4,6-7H3;/q-1;+1/b19-18+;. The summed E-state index contributed by atoms with van der Waals surface area (Å²) in [6.45, 7) is 16.5. The second-order valence-electron chi connectivity index (χ2n) is 9.84. The SMILES string of the molecule is [CH2-]c1ccc(-c2ccc(C(CC)(CC)c3ccc(/C=C/C(O)(CC)CC)c(C)c3)cc2C)cc1F.[Na+]. The summed E-state index contributed by atoms with van der Waals surface area (Å²) in [5, 5.41) is 10.6. The molecule has 0 aliphatic carbocycles. The molecule has 0 heterocycles. The van der Waals surface area contributed by atoms with Crippen molar-refractivity contribution in [3.8, 4) is 11.1 Å². The number of aryl methyl sites for hydroxylation is 2. The molecule has 0 spiro atoms. The van der Waals surface area contributed by atoms with E-state index in [4.69, 9.17) is 0 Å². The zero-order chi connectivity index (χ0) is 25.8. The Balaban J connectivity index is 0.00000456. The average Bonchev–Trinajstić information content (AvgIpc) is 2.86. The summed E-state index contributed by atoms with van der Waals surface area (Å²) in [6, 6.07) is 18.6. The van der Waals surface area contributed by atoms with Crippen molar-refractivity contribution in [2.45, 2.75) is 78.2 Å². The summed E-state index contributed by atoms with van der Waals surface area (Å²) in [5.74, 6) is -0.275. The Kier molecular flexibility index (Phi) is 10.6. The topological polar surface area (TPSA) is 20.2 Å². The molecule has 0 bridgehead atoms. The molecule has 0 fully saturated rings. The maximum atomic E-state index is 14.1. The van der Waals surface area contributed by atoms with Crippen LogP contribution in [-0.2, 0) is 5.41 Å². The molecule has 0 radical (unpaired) electrons. The predicted molar refractivity (Wildman–Crippen MR) is 148 cm³/mol. The van der Waals surface area contributed by atoms with Gasteiger partial charge in [-0.05, 0) is 78.5 Å². The van der Waals surface area contributed by atoms with Gasteiger partial charge in [0.1, 0.15) is 0 Å². The van der Waals surface area contributed by atoms with Crippen molar-refractivity contribution in [2.75, 3.05) is 0 Å². The van der Waals surface area contributed by atoms with E-state index in [-0.39, 0.29) is 40.8 Å². The van der Waals surface area contributed by atoms with E-state index >= 15 is 0 Å². The summed E-state index contributed by atoms with van der Waals surface area (Å²) in [6.07, 6.45) is 7.36. The Hall–Kier alpha value is -1.84. The molecule has 0 aliphatic rings. The van der Waals surface area contributed by atoms with E-state index in [2.05, 4.69) is 77.1 Å². The Morgan fingerprint density at radius 2 is 1.39 bits per heavy atom. The van der Waals surface area contributed by atoms with E-state index in [0.29, 0.717) is 18.4 Å². The fourth-order valence-corrected chi connectivity index (χ4v) is 5.12. The average molecular weight is 495 g/mol. The minimum atomic E-state index is -0.752. The molecule has 3 rings (SSSR count). The van der Waals surface area contributed by atoms with Crippen molar-refractivity contribution in [1.82, 2.24) is 0 Å². The number of aliphatic hydroxyl groups is 1. The molecule has 0 saturated carbocycles. The third-order valence-corrected chi connectivity index (χ3v) is 7.97. The Labute approximate surface area is 240 Å². The van der Waals surface area contributed by atoms with Crippen molar-refractivity contribution < 1.29 is 39.1 Å². The summed E-state index contributed by atoms with van der Waals surface area (Å²) in [7, 11) is 0. The van der Waals surface area contributed by atoms with Crippen molar-refractivity contribution in [2.24, 2.45) is 0 Å². The number of benzene rings is 3. The van der Waals surface area contributed by atoms with Gasteiger partial charge in [-0.25, -0.2) is 0 Å². The van der Waals surface area contributed by atoms with Gasteiger partial charge in [0.05, 0.1) is 5.60 Å². The van der Waals surface area contributed by atoms with Crippen LogP contribution in [0, 0.1) is 26.6 Å². The monoisotopic (exact) mass is 494 g/mol. The van der Waals surface area contributed by atoms with Crippen LogP contribution in [0.25, 0.3) is 17.2 Å². The van der Waals surface area contributed by atoms with Crippen LogP contribution in [0.3, 0.4) is 0 Å². The molecular weight excluding hydrogens is 454 g/mol. The van der Waals surface area contributed by atoms with E-state index in [1.807, 2.05) is 26.0 Å². The van der Waals surface area contributed by atoms with Gasteiger partial charge in [0, 0.05) is 11.2 Å². The molecular formula is C33H40FNaO. The maximum Gasteiger partial charge on any atom is 1.00 e. The molecule has 1 N–H and O–H groups in total. The molecule has 3 aromatic carbocycles. The van der Waals surface area contributed by atoms with E-state index in [1.54, 1.807) is 12.1 Å². The van der Waals surface area contributed by atoms with Gasteiger partial charge in [-0.3, -0.25) is 4.39 Å². The van der Waals surface area contributed by atoms with Crippen molar-refractivity contribution in [3.05, 3.63) is 107 Å². The molecule has 3 heteroatoms. The van der Waals surface area contributed by atoms with Gasteiger partial charge in [0.15, 0.2) is 0 Å². The van der Waals surface area contributed by atoms with Gasteiger partial charge in [-0.15, -0.1) is 6.07 Å². The molecule has 0 saturated heterocycles. The second-order valence-corrected chi connectivity index (χ2v) is 9.84. The van der Waals surface area contributed by atoms with Crippen LogP contribution in [0.2, 0.25) is 0 Å². The first-order valence-electron chi connectivity index (χ1n) is 12.9. The Morgan fingerprint density at radius 3 is 1.89 bits per heavy atom.